The number of thiazole rings is 1. The van der Waals surface area contributed by atoms with Gasteiger partial charge in [-0.15, -0.1) is 11.3 Å². The number of aryl methyl sites for hydroxylation is 1. The van der Waals surface area contributed by atoms with Crippen molar-refractivity contribution in [2.45, 2.75) is 20.8 Å². The van der Waals surface area contributed by atoms with Crippen LogP contribution < -0.4 is 5.01 Å². The number of ether oxygens (including phenoxy) is 1. The van der Waals surface area contributed by atoms with E-state index in [4.69, 9.17) is 4.74 Å². The molecule has 6 nitrogen and oxygen atoms in total. The number of hydrogen-bond donors (Lipinski definition) is 0. The Bertz CT molecular complexity index is 850. The standard InChI is InChI=1S/C16H15N3O3S2/c1-4-22-15(21)13-10(3)17-16(24-13)19-14(20)12(9(2)18-19)8-11-6-5-7-23-11/h5-8H,4H2,1-3H3/b12-8+. The van der Waals surface area contributed by atoms with Gasteiger partial charge in [0.1, 0.15) is 4.88 Å². The van der Waals surface area contributed by atoms with Crippen LogP contribution in [0.25, 0.3) is 6.08 Å². The predicted molar refractivity (Wildman–Crippen MR) is 95.7 cm³/mol. The summed E-state index contributed by atoms with van der Waals surface area (Å²) in [6, 6.07) is 3.86. The highest BCUT2D eigenvalue weighted by atomic mass is 32.1. The number of carbonyl (C=O) groups is 2. The van der Waals surface area contributed by atoms with Gasteiger partial charge in [-0.2, -0.15) is 10.1 Å². The molecule has 3 rings (SSSR count). The lowest BCUT2D eigenvalue weighted by Gasteiger charge is -2.06. The minimum atomic E-state index is -0.430. The molecule has 2 aromatic heterocycles. The number of esters is 1. The maximum absolute atomic E-state index is 12.7. The molecule has 2 aromatic rings. The zero-order valence-corrected chi connectivity index (χ0v) is 15.0. The second-order valence-electron chi connectivity index (χ2n) is 5.01. The summed E-state index contributed by atoms with van der Waals surface area (Å²) >= 11 is 2.66. The molecular weight excluding hydrogens is 346 g/mol. The van der Waals surface area contributed by atoms with Crippen LogP contribution in [-0.2, 0) is 9.53 Å². The molecule has 1 aliphatic heterocycles. The third kappa shape index (κ3) is 3.02. The average molecular weight is 361 g/mol. The van der Waals surface area contributed by atoms with E-state index < -0.39 is 5.97 Å². The van der Waals surface area contributed by atoms with Crippen LogP contribution in [0.1, 0.15) is 34.1 Å². The number of anilines is 1. The monoisotopic (exact) mass is 361 g/mol. The second-order valence-corrected chi connectivity index (χ2v) is 6.96. The molecule has 3 heterocycles. The van der Waals surface area contributed by atoms with E-state index >= 15 is 0 Å². The summed E-state index contributed by atoms with van der Waals surface area (Å²) in [4.78, 5) is 30.3. The summed E-state index contributed by atoms with van der Waals surface area (Å²) in [5, 5.41) is 7.86. The maximum Gasteiger partial charge on any atom is 0.350 e. The van der Waals surface area contributed by atoms with Gasteiger partial charge in [-0.05, 0) is 38.3 Å². The minimum absolute atomic E-state index is 0.245. The fourth-order valence-electron chi connectivity index (χ4n) is 2.19. The highest BCUT2D eigenvalue weighted by Crippen LogP contribution is 2.31. The first-order valence-corrected chi connectivity index (χ1v) is 9.00. The molecule has 0 unspecified atom stereocenters. The first-order valence-electron chi connectivity index (χ1n) is 7.31. The second kappa shape index (κ2) is 6.66. The summed E-state index contributed by atoms with van der Waals surface area (Å²) in [5.74, 6) is -0.675. The Morgan fingerprint density at radius 3 is 2.88 bits per heavy atom. The lowest BCUT2D eigenvalue weighted by Crippen LogP contribution is -2.21. The topological polar surface area (TPSA) is 71.9 Å². The average Bonchev–Trinajstić information content (AvgIpc) is 3.24. The Balaban J connectivity index is 1.90. The van der Waals surface area contributed by atoms with Gasteiger partial charge in [0.15, 0.2) is 0 Å². The van der Waals surface area contributed by atoms with E-state index in [9.17, 15) is 9.59 Å². The molecule has 0 saturated carbocycles. The van der Waals surface area contributed by atoms with Gasteiger partial charge in [-0.25, -0.2) is 9.78 Å². The summed E-state index contributed by atoms with van der Waals surface area (Å²) in [5.41, 5.74) is 1.69. The molecular formula is C16H15N3O3S2. The van der Waals surface area contributed by atoms with Crippen molar-refractivity contribution in [2.75, 3.05) is 11.6 Å². The zero-order chi connectivity index (χ0) is 17.3. The van der Waals surface area contributed by atoms with E-state index in [0.717, 1.165) is 16.2 Å². The number of nitrogens with zero attached hydrogens (tertiary/aromatic N) is 3. The molecule has 0 radical (unpaired) electrons. The quantitative estimate of drug-likeness (QED) is 0.617. The molecule has 0 fully saturated rings. The molecule has 0 spiro atoms. The van der Waals surface area contributed by atoms with Gasteiger partial charge in [-0.3, -0.25) is 4.79 Å². The zero-order valence-electron chi connectivity index (χ0n) is 13.4. The number of hydrazone groups is 1. The van der Waals surface area contributed by atoms with Crippen LogP contribution in [0.4, 0.5) is 5.13 Å². The minimum Gasteiger partial charge on any atom is -0.462 e. The Hall–Kier alpha value is -2.32. The lowest BCUT2D eigenvalue weighted by atomic mass is 10.1. The van der Waals surface area contributed by atoms with Crippen LogP contribution in [-0.4, -0.2) is 29.2 Å². The Morgan fingerprint density at radius 2 is 2.21 bits per heavy atom. The van der Waals surface area contributed by atoms with Crippen LogP contribution in [0.15, 0.2) is 28.2 Å². The van der Waals surface area contributed by atoms with Crippen LogP contribution in [0.2, 0.25) is 0 Å². The highest BCUT2D eigenvalue weighted by molar-refractivity contribution is 7.17. The van der Waals surface area contributed by atoms with Crippen molar-refractivity contribution in [1.29, 1.82) is 0 Å². The van der Waals surface area contributed by atoms with Gasteiger partial charge in [0.05, 0.1) is 23.6 Å². The van der Waals surface area contributed by atoms with Crippen LogP contribution in [0.3, 0.4) is 0 Å². The van der Waals surface area contributed by atoms with Crippen molar-refractivity contribution in [3.05, 3.63) is 38.5 Å². The first-order chi connectivity index (χ1) is 11.5. The van der Waals surface area contributed by atoms with Gasteiger partial charge in [0.2, 0.25) is 5.13 Å². The molecule has 0 atom stereocenters. The van der Waals surface area contributed by atoms with Crippen molar-refractivity contribution < 1.29 is 14.3 Å². The van der Waals surface area contributed by atoms with E-state index in [2.05, 4.69) is 10.1 Å². The van der Waals surface area contributed by atoms with Crippen molar-refractivity contribution in [1.82, 2.24) is 4.98 Å². The lowest BCUT2D eigenvalue weighted by molar-refractivity contribution is -0.114. The van der Waals surface area contributed by atoms with Crippen molar-refractivity contribution >= 4 is 51.5 Å². The number of aromatic nitrogens is 1. The summed E-state index contributed by atoms with van der Waals surface area (Å²) in [6.07, 6.45) is 1.82. The summed E-state index contributed by atoms with van der Waals surface area (Å²) < 4.78 is 5.01. The Kier molecular flexibility index (Phi) is 4.59. The van der Waals surface area contributed by atoms with Crippen LogP contribution in [0.5, 0.6) is 0 Å². The number of hydrogen-bond acceptors (Lipinski definition) is 7. The van der Waals surface area contributed by atoms with Gasteiger partial charge >= 0.3 is 5.97 Å². The van der Waals surface area contributed by atoms with Gasteiger partial charge in [-0.1, -0.05) is 17.4 Å². The van der Waals surface area contributed by atoms with E-state index in [1.165, 1.54) is 5.01 Å². The van der Waals surface area contributed by atoms with Crippen LogP contribution >= 0.6 is 22.7 Å². The smallest absolute Gasteiger partial charge is 0.350 e. The largest absolute Gasteiger partial charge is 0.462 e. The van der Waals surface area contributed by atoms with Crippen LogP contribution in [0, 0.1) is 6.92 Å². The van der Waals surface area contributed by atoms with E-state index in [-0.39, 0.29) is 5.91 Å². The summed E-state index contributed by atoms with van der Waals surface area (Å²) in [6.45, 7) is 5.53. The first kappa shape index (κ1) is 16.5. The Labute approximate surface area is 147 Å². The van der Waals surface area contributed by atoms with E-state index in [1.54, 1.807) is 32.1 Å². The van der Waals surface area contributed by atoms with E-state index in [0.29, 0.717) is 33.6 Å². The summed E-state index contributed by atoms with van der Waals surface area (Å²) in [7, 11) is 0. The Morgan fingerprint density at radius 1 is 1.42 bits per heavy atom. The molecule has 1 aliphatic rings. The number of carbonyl (C=O) groups excluding carboxylic acids is 2. The third-order valence-electron chi connectivity index (χ3n) is 3.32. The molecule has 0 aromatic carbocycles. The van der Waals surface area contributed by atoms with Crippen molar-refractivity contribution in [3.8, 4) is 0 Å². The molecule has 0 aliphatic carbocycles. The molecule has 0 bridgehead atoms. The fourth-order valence-corrected chi connectivity index (χ4v) is 3.76. The molecule has 8 heteroatoms. The third-order valence-corrected chi connectivity index (χ3v) is 5.25. The molecule has 0 saturated heterocycles. The number of thiophene rings is 1. The molecule has 24 heavy (non-hydrogen) atoms. The highest BCUT2D eigenvalue weighted by Gasteiger charge is 2.32. The van der Waals surface area contributed by atoms with Crippen molar-refractivity contribution in [2.24, 2.45) is 5.10 Å². The number of rotatable bonds is 4. The molecule has 0 N–H and O–H groups in total. The van der Waals surface area contributed by atoms with Gasteiger partial charge < -0.3 is 4.74 Å². The SMILES string of the molecule is CCOC(=O)c1sc(N2N=C(C)/C(=C\c3cccs3)C2=O)nc1C. The molecule has 1 amide bonds. The fraction of sp³-hybridized carbons (Fsp3) is 0.250. The predicted octanol–water partition coefficient (Wildman–Crippen LogP) is 3.50. The van der Waals surface area contributed by atoms with E-state index in [1.807, 2.05) is 23.6 Å². The van der Waals surface area contributed by atoms with Crippen molar-refractivity contribution in [3.63, 3.8) is 0 Å². The van der Waals surface area contributed by atoms with Gasteiger partial charge in [0, 0.05) is 4.88 Å². The van der Waals surface area contributed by atoms with Gasteiger partial charge in [0.25, 0.3) is 5.91 Å². The molecule has 124 valence electrons. The maximum atomic E-state index is 12.7. The number of amides is 1. The normalized spacial score (nSPS) is 16.0.